The number of hydrogen-bond donors (Lipinski definition) is 2. The number of likely N-dealkylation sites (tertiary alicyclic amines) is 1. The summed E-state index contributed by atoms with van der Waals surface area (Å²) in [6.45, 7) is 1.93. The van der Waals surface area contributed by atoms with E-state index in [-0.39, 0.29) is 17.6 Å². The third-order valence-electron chi connectivity index (χ3n) is 4.45. The monoisotopic (exact) mass is 344 g/mol. The third kappa shape index (κ3) is 4.80. The molecule has 0 bridgehead atoms. The average Bonchev–Trinajstić information content (AvgIpc) is 2.63. The van der Waals surface area contributed by atoms with Gasteiger partial charge in [-0.05, 0) is 49.7 Å². The van der Waals surface area contributed by atoms with E-state index in [0.717, 1.165) is 25.9 Å². The van der Waals surface area contributed by atoms with Crippen LogP contribution in [0.5, 0.6) is 0 Å². The Bertz CT molecular complexity index is 688. The molecule has 1 aromatic heterocycles. The molecule has 7 heteroatoms. The molecule has 0 saturated carbocycles. The van der Waals surface area contributed by atoms with E-state index in [1.54, 1.807) is 30.6 Å². The van der Waals surface area contributed by atoms with Crippen LogP contribution in [0.25, 0.3) is 0 Å². The molecule has 0 unspecified atom stereocenters. The molecule has 1 saturated heterocycles. The lowest BCUT2D eigenvalue weighted by molar-refractivity contribution is -0.121. The molecule has 2 aromatic rings. The van der Waals surface area contributed by atoms with E-state index in [2.05, 4.69) is 20.2 Å². The fourth-order valence-corrected chi connectivity index (χ4v) is 2.99. The van der Waals surface area contributed by atoms with Gasteiger partial charge in [-0.1, -0.05) is 12.1 Å². The van der Waals surface area contributed by atoms with Gasteiger partial charge in [0.2, 0.25) is 11.9 Å². The number of carbonyl (C=O) groups excluding carboxylic acids is 1. The Morgan fingerprint density at radius 2 is 1.88 bits per heavy atom. The lowest BCUT2D eigenvalue weighted by Gasteiger charge is -2.32. The van der Waals surface area contributed by atoms with E-state index in [0.29, 0.717) is 18.1 Å². The van der Waals surface area contributed by atoms with E-state index in [1.807, 2.05) is 0 Å². The van der Waals surface area contributed by atoms with Crippen LogP contribution >= 0.6 is 0 Å². The Labute approximate surface area is 145 Å². The molecule has 1 amide bonds. The van der Waals surface area contributed by atoms with Gasteiger partial charge in [0, 0.05) is 24.9 Å². The van der Waals surface area contributed by atoms with Crippen molar-refractivity contribution in [3.63, 3.8) is 0 Å². The lowest BCUT2D eigenvalue weighted by atomic mass is 9.95. The first kappa shape index (κ1) is 17.4. The standard InChI is InChI=1S/C18H21FN4O2/c19-15-4-2-13(3-5-15)16(24)12-23-10-6-14(7-11-23)17(25)22-18-20-8-1-9-21-18/h1-5,8-9,14,16,24H,6-7,10-12H2,(H,20,21,22,25)/t16-/m0/s1. The molecular weight excluding hydrogens is 323 g/mol. The van der Waals surface area contributed by atoms with Gasteiger partial charge in [-0.3, -0.25) is 10.1 Å². The Balaban J connectivity index is 1.46. The van der Waals surface area contributed by atoms with Gasteiger partial charge >= 0.3 is 0 Å². The molecule has 1 atom stereocenters. The van der Waals surface area contributed by atoms with E-state index in [9.17, 15) is 14.3 Å². The highest BCUT2D eigenvalue weighted by molar-refractivity contribution is 5.90. The molecule has 1 fully saturated rings. The number of rotatable bonds is 5. The molecule has 3 rings (SSSR count). The van der Waals surface area contributed by atoms with Crippen LogP contribution in [0.2, 0.25) is 0 Å². The van der Waals surface area contributed by atoms with Crippen molar-refractivity contribution in [2.75, 3.05) is 25.0 Å². The van der Waals surface area contributed by atoms with Gasteiger partial charge in [-0.15, -0.1) is 0 Å². The Morgan fingerprint density at radius 3 is 2.52 bits per heavy atom. The Hall–Kier alpha value is -2.38. The van der Waals surface area contributed by atoms with Gasteiger partial charge in [0.15, 0.2) is 0 Å². The molecule has 25 heavy (non-hydrogen) atoms. The van der Waals surface area contributed by atoms with Crippen LogP contribution in [0, 0.1) is 11.7 Å². The number of aliphatic hydroxyl groups is 1. The quantitative estimate of drug-likeness (QED) is 0.867. The number of hydrogen-bond acceptors (Lipinski definition) is 5. The van der Waals surface area contributed by atoms with E-state index >= 15 is 0 Å². The molecule has 0 aliphatic carbocycles. The van der Waals surface area contributed by atoms with E-state index < -0.39 is 6.10 Å². The molecule has 0 radical (unpaired) electrons. The number of anilines is 1. The van der Waals surface area contributed by atoms with Gasteiger partial charge in [0.05, 0.1) is 6.10 Å². The van der Waals surface area contributed by atoms with Crippen LogP contribution in [0.4, 0.5) is 10.3 Å². The van der Waals surface area contributed by atoms with E-state index in [1.165, 1.54) is 12.1 Å². The summed E-state index contributed by atoms with van der Waals surface area (Å²) in [5.41, 5.74) is 0.697. The number of aromatic nitrogens is 2. The summed E-state index contributed by atoms with van der Waals surface area (Å²) < 4.78 is 12.9. The first-order valence-electron chi connectivity index (χ1n) is 8.35. The van der Waals surface area contributed by atoms with Crippen LogP contribution in [-0.4, -0.2) is 45.5 Å². The summed E-state index contributed by atoms with van der Waals surface area (Å²) in [7, 11) is 0. The second-order valence-electron chi connectivity index (χ2n) is 6.20. The maximum Gasteiger partial charge on any atom is 0.229 e. The van der Waals surface area contributed by atoms with Gasteiger partial charge < -0.3 is 10.0 Å². The van der Waals surface area contributed by atoms with Crippen molar-refractivity contribution in [3.8, 4) is 0 Å². The first-order chi connectivity index (χ1) is 12.1. The summed E-state index contributed by atoms with van der Waals surface area (Å²) in [6.07, 6.45) is 3.94. The number of nitrogens with one attached hydrogen (secondary N) is 1. The molecule has 1 aromatic carbocycles. The molecule has 2 N–H and O–H groups in total. The van der Waals surface area contributed by atoms with E-state index in [4.69, 9.17) is 0 Å². The summed E-state index contributed by atoms with van der Waals surface area (Å²) in [5.74, 6) is -0.139. The predicted octanol–water partition coefficient (Wildman–Crippen LogP) is 2.00. The van der Waals surface area contributed by atoms with Crippen molar-refractivity contribution in [2.45, 2.75) is 18.9 Å². The smallest absolute Gasteiger partial charge is 0.229 e. The van der Waals surface area contributed by atoms with Gasteiger partial charge in [0.1, 0.15) is 5.82 Å². The van der Waals surface area contributed by atoms with Gasteiger partial charge in [0.25, 0.3) is 0 Å². The molecule has 132 valence electrons. The minimum Gasteiger partial charge on any atom is -0.387 e. The molecule has 0 spiro atoms. The van der Waals surface area contributed by atoms with Crippen molar-refractivity contribution >= 4 is 11.9 Å². The van der Waals surface area contributed by atoms with Crippen LogP contribution in [0.15, 0.2) is 42.7 Å². The van der Waals surface area contributed by atoms with Gasteiger partial charge in [-0.25, -0.2) is 14.4 Å². The number of nitrogens with zero attached hydrogens (tertiary/aromatic N) is 3. The summed E-state index contributed by atoms with van der Waals surface area (Å²) in [6, 6.07) is 7.59. The SMILES string of the molecule is O=C(Nc1ncccn1)C1CCN(C[C@H](O)c2ccc(F)cc2)CC1. The lowest BCUT2D eigenvalue weighted by Crippen LogP contribution is -2.40. The molecule has 6 nitrogen and oxygen atoms in total. The average molecular weight is 344 g/mol. The van der Waals surface area contributed by atoms with Crippen molar-refractivity contribution in [1.29, 1.82) is 0 Å². The van der Waals surface area contributed by atoms with Crippen LogP contribution in [0.3, 0.4) is 0 Å². The zero-order valence-electron chi connectivity index (χ0n) is 13.8. The molecule has 2 heterocycles. The normalized spacial score (nSPS) is 17.2. The summed E-state index contributed by atoms with van der Waals surface area (Å²) in [4.78, 5) is 22.4. The maximum absolute atomic E-state index is 12.9. The Morgan fingerprint density at radius 1 is 1.24 bits per heavy atom. The van der Waals surface area contributed by atoms with Crippen LogP contribution in [0.1, 0.15) is 24.5 Å². The largest absolute Gasteiger partial charge is 0.387 e. The zero-order chi connectivity index (χ0) is 17.6. The fourth-order valence-electron chi connectivity index (χ4n) is 2.99. The van der Waals surface area contributed by atoms with Crippen molar-refractivity contribution in [2.24, 2.45) is 5.92 Å². The third-order valence-corrected chi connectivity index (χ3v) is 4.45. The van der Waals surface area contributed by atoms with Crippen molar-refractivity contribution in [1.82, 2.24) is 14.9 Å². The number of piperidine rings is 1. The minimum atomic E-state index is -0.663. The number of carbonyl (C=O) groups is 1. The second-order valence-corrected chi connectivity index (χ2v) is 6.20. The molecule has 1 aliphatic heterocycles. The van der Waals surface area contributed by atoms with Crippen LogP contribution < -0.4 is 5.32 Å². The highest BCUT2D eigenvalue weighted by Gasteiger charge is 2.26. The highest BCUT2D eigenvalue weighted by atomic mass is 19.1. The minimum absolute atomic E-state index is 0.0649. The summed E-state index contributed by atoms with van der Waals surface area (Å²) >= 11 is 0. The number of amides is 1. The predicted molar refractivity (Wildman–Crippen MR) is 91.2 cm³/mol. The fraction of sp³-hybridized carbons (Fsp3) is 0.389. The molecular formula is C18H21FN4O2. The van der Waals surface area contributed by atoms with Crippen molar-refractivity contribution in [3.05, 3.63) is 54.1 Å². The maximum atomic E-state index is 12.9. The van der Waals surface area contributed by atoms with Crippen molar-refractivity contribution < 1.29 is 14.3 Å². The highest BCUT2D eigenvalue weighted by Crippen LogP contribution is 2.22. The van der Waals surface area contributed by atoms with Gasteiger partial charge in [-0.2, -0.15) is 0 Å². The zero-order valence-corrected chi connectivity index (χ0v) is 13.8. The number of aliphatic hydroxyl groups excluding tert-OH is 1. The summed E-state index contributed by atoms with van der Waals surface area (Å²) in [5, 5.41) is 13.0. The second kappa shape index (κ2) is 8.13. The van der Waals surface area contributed by atoms with Crippen LogP contribution in [-0.2, 0) is 4.79 Å². The first-order valence-corrected chi connectivity index (χ1v) is 8.35. The Kier molecular flexibility index (Phi) is 5.67. The number of β-amino-alcohol motifs (C(OH)–C–C–N with tert-alkyl or cyclic N) is 1. The molecule has 1 aliphatic rings. The number of halogens is 1. The number of benzene rings is 1. The topological polar surface area (TPSA) is 78.4 Å².